The maximum absolute atomic E-state index is 11.5. The average molecular weight is 316 g/mol. The Balaban J connectivity index is 2.36. The van der Waals surface area contributed by atoms with Crippen molar-refractivity contribution >= 4 is 11.8 Å². The van der Waals surface area contributed by atoms with Gasteiger partial charge >= 0.3 is 6.16 Å². The second-order valence-corrected chi connectivity index (χ2v) is 6.05. The monoisotopic (exact) mass is 316 g/mol. The van der Waals surface area contributed by atoms with Crippen LogP contribution in [0.15, 0.2) is 12.1 Å². The number of hydrogen-bond donors (Lipinski definition) is 1. The molecule has 5 heteroatoms. The van der Waals surface area contributed by atoms with E-state index in [0.717, 1.165) is 24.0 Å². The van der Waals surface area contributed by atoms with Crippen LogP contribution in [0.3, 0.4) is 0 Å². The minimum Gasteiger partial charge on any atom is -0.437 e. The Morgan fingerprint density at radius 1 is 1.35 bits per heavy atom. The van der Waals surface area contributed by atoms with Gasteiger partial charge in [0.25, 0.3) is 0 Å². The summed E-state index contributed by atoms with van der Waals surface area (Å²) in [6.45, 7) is 0.665. The van der Waals surface area contributed by atoms with Crippen LogP contribution in [-0.4, -0.2) is 38.8 Å². The maximum atomic E-state index is 11.5. The van der Waals surface area contributed by atoms with Crippen LogP contribution < -0.4 is 10.5 Å². The predicted molar refractivity (Wildman–Crippen MR) is 90.5 cm³/mol. The molecule has 1 saturated carbocycles. The molecule has 124 valence electrons. The summed E-state index contributed by atoms with van der Waals surface area (Å²) in [7, 11) is 5.23. The molecule has 0 spiro atoms. The molecule has 0 heterocycles. The molecular weight excluding hydrogens is 292 g/mol. The van der Waals surface area contributed by atoms with Gasteiger partial charge in [0.2, 0.25) is 0 Å². The minimum absolute atomic E-state index is 0.379. The summed E-state index contributed by atoms with van der Waals surface area (Å²) < 4.78 is 9.89. The van der Waals surface area contributed by atoms with Crippen molar-refractivity contribution in [1.29, 1.82) is 0 Å². The van der Waals surface area contributed by atoms with Crippen LogP contribution >= 0.6 is 0 Å². The molecule has 1 aliphatic rings. The topological polar surface area (TPSA) is 64.8 Å². The zero-order valence-electron chi connectivity index (χ0n) is 14.0. The van der Waals surface area contributed by atoms with Crippen molar-refractivity contribution in [2.75, 3.05) is 33.5 Å². The third-order valence-corrected chi connectivity index (χ3v) is 3.96. The highest BCUT2D eigenvalue weighted by molar-refractivity contribution is 5.68. The van der Waals surface area contributed by atoms with E-state index in [1.165, 1.54) is 20.0 Å². The van der Waals surface area contributed by atoms with E-state index >= 15 is 0 Å². The average Bonchev–Trinajstić information content (AvgIpc) is 3.03. The van der Waals surface area contributed by atoms with Gasteiger partial charge in [-0.1, -0.05) is 24.7 Å². The zero-order chi connectivity index (χ0) is 16.8. The molecule has 0 saturated heterocycles. The van der Waals surface area contributed by atoms with Crippen molar-refractivity contribution in [3.8, 4) is 17.6 Å². The van der Waals surface area contributed by atoms with Crippen molar-refractivity contribution in [1.82, 2.24) is 4.90 Å². The molecule has 2 rings (SSSR count). The summed E-state index contributed by atoms with van der Waals surface area (Å²) in [6, 6.07) is 3.65. The van der Waals surface area contributed by atoms with Gasteiger partial charge < -0.3 is 15.2 Å². The number of anilines is 1. The Morgan fingerprint density at radius 3 is 2.65 bits per heavy atom. The van der Waals surface area contributed by atoms with Gasteiger partial charge in [0.1, 0.15) is 5.75 Å². The van der Waals surface area contributed by atoms with E-state index in [4.69, 9.17) is 10.5 Å². The second kappa shape index (κ2) is 7.89. The molecule has 23 heavy (non-hydrogen) atoms. The normalized spacial score (nSPS) is 14.4. The van der Waals surface area contributed by atoms with Crippen LogP contribution in [0.5, 0.6) is 5.75 Å². The number of nitrogens with zero attached hydrogens (tertiary/aromatic N) is 1. The van der Waals surface area contributed by atoms with E-state index in [2.05, 4.69) is 16.6 Å². The predicted octanol–water partition coefficient (Wildman–Crippen LogP) is 2.98. The van der Waals surface area contributed by atoms with E-state index in [0.29, 0.717) is 23.9 Å². The minimum atomic E-state index is -0.727. The molecule has 2 N–H and O–H groups in total. The van der Waals surface area contributed by atoms with E-state index < -0.39 is 6.16 Å². The molecular formula is C18H24N2O3. The van der Waals surface area contributed by atoms with Crippen molar-refractivity contribution in [3.05, 3.63) is 23.3 Å². The Bertz CT molecular complexity index is 623. The highest BCUT2D eigenvalue weighted by Crippen LogP contribution is 2.40. The number of nitrogens with two attached hydrogens (primary N) is 1. The van der Waals surface area contributed by atoms with Crippen LogP contribution in [0.2, 0.25) is 0 Å². The number of rotatable bonds is 3. The fraction of sp³-hybridized carbons (Fsp3) is 0.500. The van der Waals surface area contributed by atoms with Crippen LogP contribution in [0.4, 0.5) is 10.5 Å². The van der Waals surface area contributed by atoms with Crippen molar-refractivity contribution < 1.29 is 14.3 Å². The van der Waals surface area contributed by atoms with Gasteiger partial charge in [-0.25, -0.2) is 4.79 Å². The number of methoxy groups -OCH3 is 1. The lowest BCUT2D eigenvalue weighted by Crippen LogP contribution is -2.11. The number of carbonyl (C=O) groups excluding carboxylic acids is 1. The third-order valence-electron chi connectivity index (χ3n) is 3.96. The molecule has 1 aliphatic carbocycles. The molecule has 0 radical (unpaired) electrons. The van der Waals surface area contributed by atoms with Crippen LogP contribution in [0.25, 0.3) is 0 Å². The zero-order valence-corrected chi connectivity index (χ0v) is 14.0. The van der Waals surface area contributed by atoms with E-state index in [-0.39, 0.29) is 0 Å². The molecule has 0 amide bonds. The number of carbonyl (C=O) groups is 1. The van der Waals surface area contributed by atoms with Gasteiger partial charge in [-0.2, -0.15) is 0 Å². The lowest BCUT2D eigenvalue weighted by molar-refractivity contribution is 0.121. The molecule has 0 aromatic heterocycles. The highest BCUT2D eigenvalue weighted by Gasteiger charge is 2.23. The van der Waals surface area contributed by atoms with Gasteiger partial charge in [0.15, 0.2) is 0 Å². The van der Waals surface area contributed by atoms with Crippen molar-refractivity contribution in [3.63, 3.8) is 0 Å². The molecule has 0 atom stereocenters. The lowest BCUT2D eigenvalue weighted by Gasteiger charge is -2.16. The smallest absolute Gasteiger partial charge is 0.437 e. The molecule has 1 aromatic rings. The summed E-state index contributed by atoms with van der Waals surface area (Å²) in [6.07, 6.45) is 3.83. The third kappa shape index (κ3) is 4.64. The second-order valence-electron chi connectivity index (χ2n) is 6.05. The van der Waals surface area contributed by atoms with E-state index in [9.17, 15) is 4.79 Å². The molecule has 0 unspecified atom stereocenters. The largest absolute Gasteiger partial charge is 0.513 e. The number of ether oxygens (including phenoxy) is 2. The Morgan fingerprint density at radius 2 is 2.04 bits per heavy atom. The van der Waals surface area contributed by atoms with Gasteiger partial charge in [-0.3, -0.25) is 4.90 Å². The van der Waals surface area contributed by atoms with Crippen molar-refractivity contribution in [2.45, 2.75) is 31.6 Å². The Kier molecular flexibility index (Phi) is 5.89. The molecule has 1 fully saturated rings. The molecule has 0 aliphatic heterocycles. The van der Waals surface area contributed by atoms with Gasteiger partial charge in [0.05, 0.1) is 19.3 Å². The summed E-state index contributed by atoms with van der Waals surface area (Å²) in [5.41, 5.74) is 8.37. The van der Waals surface area contributed by atoms with Crippen LogP contribution in [-0.2, 0) is 4.74 Å². The van der Waals surface area contributed by atoms with Crippen LogP contribution in [0, 0.1) is 11.8 Å². The Hall–Kier alpha value is -2.19. The van der Waals surface area contributed by atoms with E-state index in [1.54, 1.807) is 6.07 Å². The first-order chi connectivity index (χ1) is 11.0. The summed E-state index contributed by atoms with van der Waals surface area (Å²) in [5, 5.41) is 0. The number of nitrogen functional groups attached to an aromatic ring is 1. The molecule has 1 aromatic carbocycles. The lowest BCUT2D eigenvalue weighted by atomic mass is 9.94. The Labute approximate surface area is 137 Å². The first-order valence-corrected chi connectivity index (χ1v) is 7.84. The molecule has 0 bridgehead atoms. The van der Waals surface area contributed by atoms with Gasteiger partial charge in [-0.05, 0) is 44.5 Å². The number of benzene rings is 1. The fourth-order valence-corrected chi connectivity index (χ4v) is 2.79. The summed E-state index contributed by atoms with van der Waals surface area (Å²) in [5.74, 6) is 7.07. The molecule has 5 nitrogen and oxygen atoms in total. The van der Waals surface area contributed by atoms with Gasteiger partial charge in [0, 0.05) is 11.6 Å². The quantitative estimate of drug-likeness (QED) is 0.402. The van der Waals surface area contributed by atoms with Crippen LogP contribution in [0.1, 0.15) is 42.7 Å². The summed E-state index contributed by atoms with van der Waals surface area (Å²) >= 11 is 0. The standard InChI is InChI=1S/C18H24N2O3/c1-20(2)10-6-9-14-11-15(13-7-4-5-8-13)17(12-16(14)19)23-18(21)22-3/h11-13H,4-5,7-8,10,19H2,1-3H3. The summed E-state index contributed by atoms with van der Waals surface area (Å²) in [4.78, 5) is 13.5. The first kappa shape index (κ1) is 17.2. The fourth-order valence-electron chi connectivity index (χ4n) is 2.79. The first-order valence-electron chi connectivity index (χ1n) is 7.84. The van der Waals surface area contributed by atoms with E-state index in [1.807, 2.05) is 25.1 Å². The van der Waals surface area contributed by atoms with Gasteiger partial charge in [-0.15, -0.1) is 0 Å². The number of hydrogen-bond acceptors (Lipinski definition) is 5. The SMILES string of the molecule is COC(=O)Oc1cc(N)c(C#CCN(C)C)cc1C1CCCC1. The highest BCUT2D eigenvalue weighted by atomic mass is 16.7. The maximum Gasteiger partial charge on any atom is 0.513 e. The van der Waals surface area contributed by atoms with Crippen molar-refractivity contribution in [2.24, 2.45) is 0 Å².